The van der Waals surface area contributed by atoms with E-state index >= 15 is 0 Å². The first-order valence-electron chi connectivity index (χ1n) is 6.85. The number of benzene rings is 2. The molecule has 0 radical (unpaired) electrons. The first-order chi connectivity index (χ1) is 10.9. The van der Waals surface area contributed by atoms with Crippen molar-refractivity contribution in [3.05, 3.63) is 42.0 Å². The van der Waals surface area contributed by atoms with Crippen molar-refractivity contribution in [2.24, 2.45) is 0 Å². The van der Waals surface area contributed by atoms with E-state index in [2.05, 4.69) is 17.6 Å². The van der Waals surface area contributed by atoms with E-state index in [0.717, 1.165) is 22.4 Å². The van der Waals surface area contributed by atoms with Crippen molar-refractivity contribution in [3.63, 3.8) is 0 Å². The SMILES string of the molecule is CCc1c(S)cccc1-c1nc2cc(SC(F)(F)F)ccc2o1. The van der Waals surface area contributed by atoms with Crippen LogP contribution in [0.2, 0.25) is 0 Å². The standard InChI is InChI=1S/C16H12F3NOS2/c1-2-10-11(4-3-5-14(10)22)15-20-12-8-9(23-16(17,18)19)6-7-13(12)21-15/h3-8,22H,2H2,1H3. The topological polar surface area (TPSA) is 26.0 Å². The molecule has 2 aromatic carbocycles. The molecule has 23 heavy (non-hydrogen) atoms. The molecule has 0 N–H and O–H groups in total. The molecular formula is C16H12F3NOS2. The number of fused-ring (bicyclic) bond motifs is 1. The fraction of sp³-hybridized carbons (Fsp3) is 0.188. The summed E-state index contributed by atoms with van der Waals surface area (Å²) in [4.78, 5) is 5.26. The number of aromatic nitrogens is 1. The summed E-state index contributed by atoms with van der Waals surface area (Å²) in [5.74, 6) is 0.391. The molecule has 0 amide bonds. The van der Waals surface area contributed by atoms with Crippen molar-refractivity contribution in [3.8, 4) is 11.5 Å². The van der Waals surface area contributed by atoms with Crippen LogP contribution in [-0.4, -0.2) is 10.5 Å². The van der Waals surface area contributed by atoms with Crippen LogP contribution < -0.4 is 0 Å². The Morgan fingerprint density at radius 3 is 2.70 bits per heavy atom. The van der Waals surface area contributed by atoms with E-state index in [4.69, 9.17) is 4.42 Å². The first kappa shape index (κ1) is 16.3. The molecular weight excluding hydrogens is 343 g/mol. The Hall–Kier alpha value is -1.60. The molecule has 7 heteroatoms. The summed E-state index contributed by atoms with van der Waals surface area (Å²) in [6.45, 7) is 2.00. The Morgan fingerprint density at radius 2 is 2.00 bits per heavy atom. The highest BCUT2D eigenvalue weighted by atomic mass is 32.2. The van der Waals surface area contributed by atoms with Gasteiger partial charge in [0, 0.05) is 15.4 Å². The van der Waals surface area contributed by atoms with Crippen LogP contribution in [0.1, 0.15) is 12.5 Å². The molecule has 1 heterocycles. The van der Waals surface area contributed by atoms with Gasteiger partial charge >= 0.3 is 5.51 Å². The third kappa shape index (κ3) is 3.50. The zero-order chi connectivity index (χ0) is 16.6. The van der Waals surface area contributed by atoms with E-state index in [0.29, 0.717) is 17.0 Å². The van der Waals surface area contributed by atoms with Gasteiger partial charge < -0.3 is 4.42 Å². The first-order valence-corrected chi connectivity index (χ1v) is 8.11. The maximum atomic E-state index is 12.5. The van der Waals surface area contributed by atoms with Crippen LogP contribution in [0.25, 0.3) is 22.6 Å². The van der Waals surface area contributed by atoms with Gasteiger partial charge in [0.2, 0.25) is 5.89 Å². The molecule has 0 unspecified atom stereocenters. The smallest absolute Gasteiger partial charge is 0.436 e. The number of alkyl halides is 3. The van der Waals surface area contributed by atoms with Gasteiger partial charge in [-0.2, -0.15) is 13.2 Å². The summed E-state index contributed by atoms with van der Waals surface area (Å²) in [6.07, 6.45) is 0.753. The van der Waals surface area contributed by atoms with E-state index in [1.54, 1.807) is 0 Å². The molecule has 3 aromatic rings. The van der Waals surface area contributed by atoms with Gasteiger partial charge in [-0.05, 0) is 54.1 Å². The van der Waals surface area contributed by atoms with Gasteiger partial charge in [-0.25, -0.2) is 4.98 Å². The molecule has 0 aliphatic heterocycles. The van der Waals surface area contributed by atoms with Gasteiger partial charge in [0.15, 0.2) is 5.58 Å². The lowest BCUT2D eigenvalue weighted by molar-refractivity contribution is -0.0328. The molecule has 0 saturated heterocycles. The van der Waals surface area contributed by atoms with Crippen molar-refractivity contribution in [2.75, 3.05) is 0 Å². The number of thioether (sulfide) groups is 1. The number of nitrogens with zero attached hydrogens (tertiary/aromatic N) is 1. The monoisotopic (exact) mass is 355 g/mol. The van der Waals surface area contributed by atoms with Crippen molar-refractivity contribution >= 4 is 35.5 Å². The molecule has 0 aliphatic carbocycles. The lowest BCUT2D eigenvalue weighted by Crippen LogP contribution is -1.98. The van der Waals surface area contributed by atoms with Crippen LogP contribution in [-0.2, 0) is 6.42 Å². The number of halogens is 3. The molecule has 0 atom stereocenters. The minimum Gasteiger partial charge on any atom is -0.436 e. The van der Waals surface area contributed by atoms with Gasteiger partial charge in [-0.15, -0.1) is 12.6 Å². The summed E-state index contributed by atoms with van der Waals surface area (Å²) >= 11 is 4.26. The summed E-state index contributed by atoms with van der Waals surface area (Å²) in [6, 6.07) is 9.87. The van der Waals surface area contributed by atoms with Crippen LogP contribution in [0.15, 0.2) is 50.6 Å². The molecule has 3 rings (SSSR count). The van der Waals surface area contributed by atoms with Crippen LogP contribution in [0.4, 0.5) is 13.2 Å². The maximum absolute atomic E-state index is 12.5. The minimum absolute atomic E-state index is 0.0866. The lowest BCUT2D eigenvalue weighted by atomic mass is 10.1. The third-order valence-electron chi connectivity index (χ3n) is 3.33. The van der Waals surface area contributed by atoms with Gasteiger partial charge in [-0.1, -0.05) is 13.0 Å². The van der Waals surface area contributed by atoms with Crippen molar-refractivity contribution in [2.45, 2.75) is 28.6 Å². The summed E-state index contributed by atoms with van der Waals surface area (Å²) in [5.41, 5.74) is -1.66. The van der Waals surface area contributed by atoms with E-state index in [9.17, 15) is 13.2 Å². The van der Waals surface area contributed by atoms with Crippen LogP contribution in [0, 0.1) is 0 Å². The van der Waals surface area contributed by atoms with Gasteiger partial charge in [0.05, 0.1) is 0 Å². The Kier molecular flexibility index (Phi) is 4.33. The normalized spacial score (nSPS) is 12.0. The predicted molar refractivity (Wildman–Crippen MR) is 88.0 cm³/mol. The Balaban J connectivity index is 2.06. The third-order valence-corrected chi connectivity index (χ3v) is 4.47. The van der Waals surface area contributed by atoms with Crippen LogP contribution in [0.5, 0.6) is 0 Å². The highest BCUT2D eigenvalue weighted by molar-refractivity contribution is 8.00. The van der Waals surface area contributed by atoms with E-state index in [1.165, 1.54) is 18.2 Å². The molecule has 0 saturated carbocycles. The van der Waals surface area contributed by atoms with Gasteiger partial charge in [0.25, 0.3) is 0 Å². The van der Waals surface area contributed by atoms with Crippen molar-refractivity contribution < 1.29 is 17.6 Å². The fourth-order valence-corrected chi connectivity index (χ4v) is 3.30. The second-order valence-electron chi connectivity index (χ2n) is 4.85. The number of hydrogen-bond acceptors (Lipinski definition) is 4. The molecule has 0 aliphatic rings. The molecule has 2 nitrogen and oxygen atoms in total. The van der Waals surface area contributed by atoms with Crippen molar-refractivity contribution in [1.29, 1.82) is 0 Å². The Bertz CT molecular complexity index is 858. The number of oxazole rings is 1. The molecule has 0 spiro atoms. The Labute approximate surface area is 140 Å². The largest absolute Gasteiger partial charge is 0.446 e. The number of rotatable bonds is 3. The average Bonchev–Trinajstić information content (AvgIpc) is 2.88. The minimum atomic E-state index is -4.32. The maximum Gasteiger partial charge on any atom is 0.446 e. The lowest BCUT2D eigenvalue weighted by Gasteiger charge is -2.06. The zero-order valence-corrected chi connectivity index (χ0v) is 13.7. The quantitative estimate of drug-likeness (QED) is 0.464. The Morgan fingerprint density at radius 1 is 1.22 bits per heavy atom. The summed E-state index contributed by atoms with van der Waals surface area (Å²) in [5, 5.41) is 0. The fourth-order valence-electron chi connectivity index (χ4n) is 2.37. The number of thiol groups is 1. The van der Waals surface area contributed by atoms with Crippen LogP contribution in [0.3, 0.4) is 0 Å². The number of hydrogen-bond donors (Lipinski definition) is 1. The summed E-state index contributed by atoms with van der Waals surface area (Å²) in [7, 11) is 0. The van der Waals surface area contributed by atoms with E-state index in [-0.39, 0.29) is 16.7 Å². The van der Waals surface area contributed by atoms with E-state index < -0.39 is 5.51 Å². The highest BCUT2D eigenvalue weighted by Gasteiger charge is 2.29. The second kappa shape index (κ2) is 6.13. The average molecular weight is 355 g/mol. The zero-order valence-electron chi connectivity index (χ0n) is 12.0. The summed E-state index contributed by atoms with van der Waals surface area (Å²) < 4.78 is 43.1. The van der Waals surface area contributed by atoms with Crippen LogP contribution >= 0.6 is 24.4 Å². The second-order valence-corrected chi connectivity index (χ2v) is 6.47. The highest BCUT2D eigenvalue weighted by Crippen LogP contribution is 2.38. The van der Waals surface area contributed by atoms with Gasteiger partial charge in [-0.3, -0.25) is 0 Å². The molecule has 120 valence electrons. The predicted octanol–water partition coefficient (Wildman–Crippen LogP) is 5.96. The van der Waals surface area contributed by atoms with E-state index in [1.807, 2.05) is 25.1 Å². The van der Waals surface area contributed by atoms with Gasteiger partial charge in [0.1, 0.15) is 5.52 Å². The molecule has 1 aromatic heterocycles. The van der Waals surface area contributed by atoms with Crippen molar-refractivity contribution in [1.82, 2.24) is 4.98 Å². The molecule has 0 fully saturated rings. The molecule has 0 bridgehead atoms.